The summed E-state index contributed by atoms with van der Waals surface area (Å²) >= 11 is 0. The number of imidazole rings is 1. The van der Waals surface area contributed by atoms with E-state index in [2.05, 4.69) is 18.4 Å². The normalized spacial score (nSPS) is 11.3. The molecule has 5 nitrogen and oxygen atoms in total. The van der Waals surface area contributed by atoms with Crippen molar-refractivity contribution in [1.29, 1.82) is 0 Å². The van der Waals surface area contributed by atoms with E-state index in [0.29, 0.717) is 23.8 Å². The molecule has 0 bridgehead atoms. The Bertz CT molecular complexity index is 590. The maximum absolute atomic E-state index is 9.07. The van der Waals surface area contributed by atoms with E-state index in [1.54, 1.807) is 14.2 Å². The maximum atomic E-state index is 9.07. The molecule has 2 aromatic rings. The fourth-order valence-electron chi connectivity index (χ4n) is 2.38. The van der Waals surface area contributed by atoms with Crippen LogP contribution in [0.5, 0.6) is 11.5 Å². The van der Waals surface area contributed by atoms with Gasteiger partial charge < -0.3 is 19.1 Å². The van der Waals surface area contributed by atoms with E-state index < -0.39 is 0 Å². The minimum Gasteiger partial charge on any atom is -0.493 e. The topological polar surface area (TPSA) is 56.5 Å². The largest absolute Gasteiger partial charge is 0.493 e. The zero-order valence-corrected chi connectivity index (χ0v) is 12.5. The predicted molar refractivity (Wildman–Crippen MR) is 78.6 cm³/mol. The Morgan fingerprint density at radius 1 is 1.20 bits per heavy atom. The van der Waals surface area contributed by atoms with E-state index in [0.717, 1.165) is 23.4 Å². The summed E-state index contributed by atoms with van der Waals surface area (Å²) in [7, 11) is 3.25. The molecule has 1 N–H and O–H groups in total. The number of ether oxygens (including phenoxy) is 2. The summed E-state index contributed by atoms with van der Waals surface area (Å²) in [6, 6.07) is 3.85. The lowest BCUT2D eigenvalue weighted by Crippen LogP contribution is -2.06. The fraction of sp³-hybridized carbons (Fsp3) is 0.533. The molecular formula is C15H22N2O3. The number of aliphatic hydroxyl groups excluding tert-OH is 1. The third kappa shape index (κ3) is 2.58. The van der Waals surface area contributed by atoms with Crippen LogP contribution in [0.4, 0.5) is 0 Å². The van der Waals surface area contributed by atoms with Gasteiger partial charge in [0.05, 0.1) is 25.3 Å². The van der Waals surface area contributed by atoms with Gasteiger partial charge in [0, 0.05) is 31.2 Å². The van der Waals surface area contributed by atoms with Crippen LogP contribution in [-0.4, -0.2) is 35.5 Å². The standard InChI is InChI=1S/C15H22N2O3/c1-10(2)15-16-11-8-13(19-3)14(20-4)9-12(11)17(15)6-5-7-18/h8-10,18H,5-7H2,1-4H3. The van der Waals surface area contributed by atoms with Gasteiger partial charge in [-0.1, -0.05) is 13.8 Å². The van der Waals surface area contributed by atoms with Crippen molar-refractivity contribution in [2.75, 3.05) is 20.8 Å². The average molecular weight is 278 g/mol. The van der Waals surface area contributed by atoms with Crippen molar-refractivity contribution in [2.45, 2.75) is 32.7 Å². The Morgan fingerprint density at radius 3 is 2.40 bits per heavy atom. The second kappa shape index (κ2) is 6.13. The monoisotopic (exact) mass is 278 g/mol. The number of benzene rings is 1. The van der Waals surface area contributed by atoms with Crippen molar-refractivity contribution < 1.29 is 14.6 Å². The molecule has 0 radical (unpaired) electrons. The highest BCUT2D eigenvalue weighted by Crippen LogP contribution is 2.33. The number of nitrogens with zero attached hydrogens (tertiary/aromatic N) is 2. The third-order valence-electron chi connectivity index (χ3n) is 3.34. The van der Waals surface area contributed by atoms with Gasteiger partial charge in [0.15, 0.2) is 11.5 Å². The van der Waals surface area contributed by atoms with Gasteiger partial charge >= 0.3 is 0 Å². The molecule has 0 unspecified atom stereocenters. The number of rotatable bonds is 6. The quantitative estimate of drug-likeness (QED) is 0.882. The minimum absolute atomic E-state index is 0.171. The SMILES string of the molecule is COc1cc2nc(C(C)C)n(CCCO)c2cc1OC. The summed E-state index contributed by atoms with van der Waals surface area (Å²) in [6.45, 7) is 5.15. The van der Waals surface area contributed by atoms with Gasteiger partial charge in [0.1, 0.15) is 5.82 Å². The van der Waals surface area contributed by atoms with Crippen molar-refractivity contribution >= 4 is 11.0 Å². The molecule has 0 atom stereocenters. The van der Waals surface area contributed by atoms with E-state index in [1.807, 2.05) is 12.1 Å². The molecule has 0 aliphatic carbocycles. The lowest BCUT2D eigenvalue weighted by molar-refractivity contribution is 0.279. The maximum Gasteiger partial charge on any atom is 0.163 e. The van der Waals surface area contributed by atoms with Crippen LogP contribution in [0.15, 0.2) is 12.1 Å². The van der Waals surface area contributed by atoms with Crippen LogP contribution in [0, 0.1) is 0 Å². The summed E-state index contributed by atoms with van der Waals surface area (Å²) in [6.07, 6.45) is 0.708. The van der Waals surface area contributed by atoms with E-state index in [1.165, 1.54) is 0 Å². The van der Waals surface area contributed by atoms with Gasteiger partial charge in [-0.3, -0.25) is 0 Å². The Morgan fingerprint density at radius 2 is 1.85 bits per heavy atom. The lowest BCUT2D eigenvalue weighted by Gasteiger charge is -2.11. The van der Waals surface area contributed by atoms with Crippen molar-refractivity contribution in [2.24, 2.45) is 0 Å². The Hall–Kier alpha value is -1.75. The molecule has 0 fully saturated rings. The molecular weight excluding hydrogens is 256 g/mol. The van der Waals surface area contributed by atoms with Crippen LogP contribution in [0.1, 0.15) is 32.0 Å². The Kier molecular flexibility index (Phi) is 4.49. The van der Waals surface area contributed by atoms with Gasteiger partial charge in [-0.25, -0.2) is 4.98 Å². The highest BCUT2D eigenvalue weighted by Gasteiger charge is 2.16. The van der Waals surface area contributed by atoms with Crippen molar-refractivity contribution in [3.63, 3.8) is 0 Å². The molecule has 0 saturated heterocycles. The molecule has 20 heavy (non-hydrogen) atoms. The van der Waals surface area contributed by atoms with Crippen LogP contribution in [-0.2, 0) is 6.54 Å². The number of fused-ring (bicyclic) bond motifs is 1. The summed E-state index contributed by atoms with van der Waals surface area (Å²) < 4.78 is 12.8. The molecule has 1 aromatic heterocycles. The Balaban J connectivity index is 2.62. The van der Waals surface area contributed by atoms with Gasteiger partial charge in [0.25, 0.3) is 0 Å². The van der Waals surface area contributed by atoms with E-state index in [9.17, 15) is 0 Å². The van der Waals surface area contributed by atoms with Crippen LogP contribution in [0.3, 0.4) is 0 Å². The molecule has 0 amide bonds. The summed E-state index contributed by atoms with van der Waals surface area (Å²) in [4.78, 5) is 4.69. The molecule has 110 valence electrons. The highest BCUT2D eigenvalue weighted by molar-refractivity contribution is 5.80. The number of hydrogen-bond donors (Lipinski definition) is 1. The summed E-state index contributed by atoms with van der Waals surface area (Å²) in [5, 5.41) is 9.07. The number of aryl methyl sites for hydroxylation is 1. The van der Waals surface area contributed by atoms with Crippen molar-refractivity contribution in [3.05, 3.63) is 18.0 Å². The first-order valence-electron chi connectivity index (χ1n) is 6.85. The molecule has 2 rings (SSSR count). The second-order valence-electron chi connectivity index (χ2n) is 5.05. The first-order chi connectivity index (χ1) is 9.62. The first-order valence-corrected chi connectivity index (χ1v) is 6.85. The third-order valence-corrected chi connectivity index (χ3v) is 3.34. The first kappa shape index (κ1) is 14.7. The molecule has 0 spiro atoms. The molecule has 0 aliphatic rings. The van der Waals surface area contributed by atoms with Crippen molar-refractivity contribution in [3.8, 4) is 11.5 Å². The number of hydrogen-bond acceptors (Lipinski definition) is 4. The van der Waals surface area contributed by atoms with E-state index >= 15 is 0 Å². The van der Waals surface area contributed by atoms with Gasteiger partial charge in [-0.05, 0) is 6.42 Å². The van der Waals surface area contributed by atoms with Crippen LogP contribution < -0.4 is 9.47 Å². The number of aromatic nitrogens is 2. The minimum atomic E-state index is 0.171. The van der Waals surface area contributed by atoms with E-state index in [4.69, 9.17) is 19.6 Å². The smallest absolute Gasteiger partial charge is 0.163 e. The van der Waals surface area contributed by atoms with Gasteiger partial charge in [-0.15, -0.1) is 0 Å². The van der Waals surface area contributed by atoms with Crippen LogP contribution in [0.2, 0.25) is 0 Å². The van der Waals surface area contributed by atoms with Crippen LogP contribution >= 0.6 is 0 Å². The molecule has 0 saturated carbocycles. The van der Waals surface area contributed by atoms with E-state index in [-0.39, 0.29) is 6.61 Å². The Labute approximate surface area is 119 Å². The zero-order chi connectivity index (χ0) is 14.7. The number of aliphatic hydroxyl groups is 1. The summed E-state index contributed by atoms with van der Waals surface area (Å²) in [5.74, 6) is 2.71. The predicted octanol–water partition coefficient (Wildman–Crippen LogP) is 2.56. The lowest BCUT2D eigenvalue weighted by atomic mass is 10.2. The molecule has 1 heterocycles. The van der Waals surface area contributed by atoms with Gasteiger partial charge in [0.2, 0.25) is 0 Å². The van der Waals surface area contributed by atoms with Crippen molar-refractivity contribution in [1.82, 2.24) is 9.55 Å². The molecule has 1 aromatic carbocycles. The zero-order valence-electron chi connectivity index (χ0n) is 12.5. The fourth-order valence-corrected chi connectivity index (χ4v) is 2.38. The van der Waals surface area contributed by atoms with Crippen LogP contribution in [0.25, 0.3) is 11.0 Å². The highest BCUT2D eigenvalue weighted by atomic mass is 16.5. The van der Waals surface area contributed by atoms with Gasteiger partial charge in [-0.2, -0.15) is 0 Å². The second-order valence-corrected chi connectivity index (χ2v) is 5.05. The molecule has 0 aliphatic heterocycles. The summed E-state index contributed by atoms with van der Waals surface area (Å²) in [5.41, 5.74) is 1.91. The molecule has 5 heteroatoms. The average Bonchev–Trinajstić information content (AvgIpc) is 2.81. The number of methoxy groups -OCH3 is 2.